The number of carbonyl (C=O) groups is 2. The number of benzene rings is 1. The van der Waals surface area contributed by atoms with Crippen molar-refractivity contribution in [1.82, 2.24) is 4.98 Å². The molecule has 0 saturated heterocycles. The Morgan fingerprint density at radius 3 is 2.71 bits per heavy atom. The standard InChI is InChI=1S/C14H12ClN3O2S/c15-8-3-1-7(2-4-8)13(20)18-14-17-11-9(12(16)19)5-6-10(11)21-14/h1-4,9H,5-6H2,(H2,16,19)(H,17,18,20). The Labute approximate surface area is 130 Å². The molecule has 2 amide bonds. The van der Waals surface area contributed by atoms with Gasteiger partial charge >= 0.3 is 0 Å². The Morgan fingerprint density at radius 2 is 2.05 bits per heavy atom. The molecule has 1 unspecified atom stereocenters. The number of nitrogens with two attached hydrogens (primary N) is 1. The van der Waals surface area contributed by atoms with E-state index in [1.165, 1.54) is 11.3 Å². The van der Waals surface area contributed by atoms with Gasteiger partial charge in [0.15, 0.2) is 5.13 Å². The quantitative estimate of drug-likeness (QED) is 0.911. The first-order chi connectivity index (χ1) is 10.0. The molecule has 0 bridgehead atoms. The fraction of sp³-hybridized carbons (Fsp3) is 0.214. The van der Waals surface area contributed by atoms with Gasteiger partial charge < -0.3 is 5.73 Å². The summed E-state index contributed by atoms with van der Waals surface area (Å²) >= 11 is 7.18. The van der Waals surface area contributed by atoms with E-state index in [-0.39, 0.29) is 17.7 Å². The smallest absolute Gasteiger partial charge is 0.257 e. The molecule has 1 aliphatic carbocycles. The largest absolute Gasteiger partial charge is 0.369 e. The lowest BCUT2D eigenvalue weighted by molar-refractivity contribution is -0.119. The Kier molecular flexibility index (Phi) is 3.65. The van der Waals surface area contributed by atoms with Crippen LogP contribution in [0.2, 0.25) is 5.02 Å². The van der Waals surface area contributed by atoms with E-state index >= 15 is 0 Å². The average molecular weight is 322 g/mol. The summed E-state index contributed by atoms with van der Waals surface area (Å²) in [7, 11) is 0. The highest BCUT2D eigenvalue weighted by molar-refractivity contribution is 7.16. The molecule has 7 heteroatoms. The molecule has 21 heavy (non-hydrogen) atoms. The van der Waals surface area contributed by atoms with E-state index in [4.69, 9.17) is 17.3 Å². The van der Waals surface area contributed by atoms with Crippen LogP contribution < -0.4 is 11.1 Å². The van der Waals surface area contributed by atoms with Gasteiger partial charge in [-0.1, -0.05) is 11.6 Å². The molecule has 0 saturated carbocycles. The van der Waals surface area contributed by atoms with Crippen LogP contribution in [0.25, 0.3) is 0 Å². The number of carbonyl (C=O) groups excluding carboxylic acids is 2. The highest BCUT2D eigenvalue weighted by Crippen LogP contribution is 2.38. The van der Waals surface area contributed by atoms with Crippen molar-refractivity contribution in [3.05, 3.63) is 45.4 Å². The molecule has 0 spiro atoms. The molecular formula is C14H12ClN3O2S. The summed E-state index contributed by atoms with van der Waals surface area (Å²) in [5.74, 6) is -0.957. The number of halogens is 1. The van der Waals surface area contributed by atoms with Crippen molar-refractivity contribution in [2.24, 2.45) is 5.73 Å². The van der Waals surface area contributed by atoms with Crippen molar-refractivity contribution in [2.45, 2.75) is 18.8 Å². The summed E-state index contributed by atoms with van der Waals surface area (Å²) in [4.78, 5) is 28.8. The monoisotopic (exact) mass is 321 g/mol. The molecule has 3 N–H and O–H groups in total. The van der Waals surface area contributed by atoms with Crippen LogP contribution in [0.5, 0.6) is 0 Å². The van der Waals surface area contributed by atoms with Crippen LogP contribution in [-0.4, -0.2) is 16.8 Å². The number of aromatic nitrogens is 1. The summed E-state index contributed by atoms with van der Waals surface area (Å²) < 4.78 is 0. The molecular weight excluding hydrogens is 310 g/mol. The number of fused-ring (bicyclic) bond motifs is 1. The minimum Gasteiger partial charge on any atom is -0.369 e. The van der Waals surface area contributed by atoms with Gasteiger partial charge in [0.25, 0.3) is 5.91 Å². The average Bonchev–Trinajstić information content (AvgIpc) is 2.98. The topological polar surface area (TPSA) is 85.1 Å². The molecule has 0 radical (unpaired) electrons. The normalized spacial score (nSPS) is 16.5. The number of aryl methyl sites for hydroxylation is 1. The molecule has 0 fully saturated rings. The lowest BCUT2D eigenvalue weighted by Crippen LogP contribution is -2.20. The minimum atomic E-state index is -0.366. The van der Waals surface area contributed by atoms with Crippen LogP contribution in [0, 0.1) is 0 Å². The second kappa shape index (κ2) is 5.46. The van der Waals surface area contributed by atoms with Crippen molar-refractivity contribution in [2.75, 3.05) is 5.32 Å². The van der Waals surface area contributed by atoms with Crippen molar-refractivity contribution >= 4 is 39.9 Å². The lowest BCUT2D eigenvalue weighted by atomic mass is 10.1. The minimum absolute atomic E-state index is 0.255. The predicted octanol–water partition coefficient (Wildman–Crippen LogP) is 2.56. The van der Waals surface area contributed by atoms with E-state index in [2.05, 4.69) is 10.3 Å². The number of hydrogen-bond donors (Lipinski definition) is 2. The summed E-state index contributed by atoms with van der Waals surface area (Å²) in [6.45, 7) is 0. The highest BCUT2D eigenvalue weighted by Gasteiger charge is 2.31. The van der Waals surface area contributed by atoms with Gasteiger partial charge in [-0.3, -0.25) is 14.9 Å². The molecule has 1 atom stereocenters. The molecule has 5 nitrogen and oxygen atoms in total. The van der Waals surface area contributed by atoms with Gasteiger partial charge in [0.05, 0.1) is 11.6 Å². The molecule has 2 aromatic rings. The Morgan fingerprint density at radius 1 is 1.33 bits per heavy atom. The Balaban J connectivity index is 1.77. The van der Waals surface area contributed by atoms with Crippen molar-refractivity contribution < 1.29 is 9.59 Å². The fourth-order valence-corrected chi connectivity index (χ4v) is 3.49. The molecule has 0 aliphatic heterocycles. The van der Waals surface area contributed by atoms with Crippen molar-refractivity contribution in [3.8, 4) is 0 Å². The van der Waals surface area contributed by atoms with E-state index in [0.29, 0.717) is 27.8 Å². The summed E-state index contributed by atoms with van der Waals surface area (Å²) in [6.07, 6.45) is 1.48. The van der Waals surface area contributed by atoms with Crippen LogP contribution in [0.15, 0.2) is 24.3 Å². The second-order valence-electron chi connectivity index (χ2n) is 4.78. The van der Waals surface area contributed by atoms with Gasteiger partial charge in [-0.2, -0.15) is 0 Å². The van der Waals surface area contributed by atoms with Gasteiger partial charge in [0.2, 0.25) is 5.91 Å². The SMILES string of the molecule is NC(=O)C1CCc2sc(NC(=O)c3ccc(Cl)cc3)nc21. The number of primary amides is 1. The number of amides is 2. The molecule has 1 aromatic carbocycles. The van der Waals surface area contributed by atoms with Gasteiger partial charge in [0, 0.05) is 15.5 Å². The van der Waals surface area contributed by atoms with Crippen LogP contribution in [-0.2, 0) is 11.2 Å². The molecule has 1 aliphatic rings. The summed E-state index contributed by atoms with van der Waals surface area (Å²) in [6, 6.07) is 6.60. The third kappa shape index (κ3) is 2.77. The van der Waals surface area contributed by atoms with Crippen molar-refractivity contribution in [3.63, 3.8) is 0 Å². The Bertz CT molecular complexity index is 712. The molecule has 108 valence electrons. The highest BCUT2D eigenvalue weighted by atomic mass is 35.5. The number of hydrogen-bond acceptors (Lipinski definition) is 4. The predicted molar refractivity (Wildman–Crippen MR) is 81.8 cm³/mol. The van der Waals surface area contributed by atoms with Crippen LogP contribution in [0.1, 0.15) is 33.3 Å². The van der Waals surface area contributed by atoms with Crippen molar-refractivity contribution in [1.29, 1.82) is 0 Å². The van der Waals surface area contributed by atoms with Gasteiger partial charge in [0.1, 0.15) is 0 Å². The molecule has 1 heterocycles. The first-order valence-corrected chi connectivity index (χ1v) is 7.60. The zero-order valence-corrected chi connectivity index (χ0v) is 12.5. The Hall–Kier alpha value is -1.92. The second-order valence-corrected chi connectivity index (χ2v) is 6.30. The molecule has 1 aromatic heterocycles. The van der Waals surface area contributed by atoms with Gasteiger partial charge in [-0.05, 0) is 37.1 Å². The number of thiazole rings is 1. The summed E-state index contributed by atoms with van der Waals surface area (Å²) in [5.41, 5.74) is 6.56. The zero-order valence-electron chi connectivity index (χ0n) is 10.9. The summed E-state index contributed by atoms with van der Waals surface area (Å²) in [5, 5.41) is 3.80. The van der Waals surface area contributed by atoms with Gasteiger partial charge in [-0.15, -0.1) is 11.3 Å². The van der Waals surface area contributed by atoms with Crippen LogP contribution in [0.4, 0.5) is 5.13 Å². The van der Waals surface area contributed by atoms with E-state index in [0.717, 1.165) is 11.3 Å². The van der Waals surface area contributed by atoms with E-state index < -0.39 is 0 Å². The maximum Gasteiger partial charge on any atom is 0.257 e. The maximum atomic E-state index is 12.1. The van der Waals surface area contributed by atoms with Crippen LogP contribution in [0.3, 0.4) is 0 Å². The lowest BCUT2D eigenvalue weighted by Gasteiger charge is -2.04. The third-order valence-corrected chi connectivity index (χ3v) is 4.69. The molecule has 3 rings (SSSR count). The number of rotatable bonds is 3. The maximum absolute atomic E-state index is 12.1. The third-order valence-electron chi connectivity index (χ3n) is 3.39. The fourth-order valence-electron chi connectivity index (χ4n) is 2.33. The number of anilines is 1. The first-order valence-electron chi connectivity index (χ1n) is 6.40. The first kappa shape index (κ1) is 14.0. The van der Waals surface area contributed by atoms with Gasteiger partial charge in [-0.25, -0.2) is 4.98 Å². The van der Waals surface area contributed by atoms with E-state index in [9.17, 15) is 9.59 Å². The zero-order chi connectivity index (χ0) is 15.0. The number of nitrogens with zero attached hydrogens (tertiary/aromatic N) is 1. The van der Waals surface area contributed by atoms with E-state index in [1.54, 1.807) is 24.3 Å². The number of nitrogens with one attached hydrogen (secondary N) is 1. The van der Waals surface area contributed by atoms with E-state index in [1.807, 2.05) is 0 Å². The van der Waals surface area contributed by atoms with Crippen LogP contribution >= 0.6 is 22.9 Å².